The van der Waals surface area contributed by atoms with Crippen LogP contribution in [0.3, 0.4) is 0 Å². The van der Waals surface area contributed by atoms with E-state index >= 15 is 0 Å². The van der Waals surface area contributed by atoms with Crippen LogP contribution in [0.2, 0.25) is 0 Å². The SMILES string of the molecule is CCCC(C)C(=O)NNC(=O)C(C)Oc1ccc(OCC)cc1. The molecule has 128 valence electrons. The van der Waals surface area contributed by atoms with Crippen molar-refractivity contribution in [3.05, 3.63) is 24.3 Å². The number of carbonyl (C=O) groups excluding carboxylic acids is 2. The van der Waals surface area contributed by atoms with E-state index in [1.54, 1.807) is 31.2 Å². The molecule has 1 aromatic rings. The zero-order valence-corrected chi connectivity index (χ0v) is 14.2. The lowest BCUT2D eigenvalue weighted by molar-refractivity contribution is -0.134. The van der Waals surface area contributed by atoms with E-state index in [1.165, 1.54) is 0 Å². The largest absolute Gasteiger partial charge is 0.494 e. The van der Waals surface area contributed by atoms with Crippen LogP contribution < -0.4 is 20.3 Å². The zero-order chi connectivity index (χ0) is 17.2. The summed E-state index contributed by atoms with van der Waals surface area (Å²) in [6.45, 7) is 7.95. The van der Waals surface area contributed by atoms with Gasteiger partial charge in [0.05, 0.1) is 6.61 Å². The Kier molecular flexibility index (Phi) is 7.94. The molecule has 0 fully saturated rings. The number of ether oxygens (including phenoxy) is 2. The molecule has 0 aliphatic heterocycles. The van der Waals surface area contributed by atoms with E-state index in [-0.39, 0.29) is 11.8 Å². The van der Waals surface area contributed by atoms with Gasteiger partial charge in [-0.3, -0.25) is 20.4 Å². The van der Waals surface area contributed by atoms with Gasteiger partial charge in [-0.25, -0.2) is 0 Å². The Labute approximate surface area is 137 Å². The average Bonchev–Trinajstić information content (AvgIpc) is 2.54. The lowest BCUT2D eigenvalue weighted by atomic mass is 10.1. The first kappa shape index (κ1) is 18.8. The second kappa shape index (κ2) is 9.71. The van der Waals surface area contributed by atoms with E-state index in [9.17, 15) is 9.59 Å². The number of nitrogens with one attached hydrogen (secondary N) is 2. The Morgan fingerprint density at radius 2 is 1.57 bits per heavy atom. The first-order valence-electron chi connectivity index (χ1n) is 7.97. The van der Waals surface area contributed by atoms with Crippen LogP contribution in [-0.2, 0) is 9.59 Å². The van der Waals surface area contributed by atoms with E-state index in [0.717, 1.165) is 18.6 Å². The average molecular weight is 322 g/mol. The number of carbonyl (C=O) groups is 2. The molecular weight excluding hydrogens is 296 g/mol. The minimum Gasteiger partial charge on any atom is -0.494 e. The van der Waals surface area contributed by atoms with E-state index in [4.69, 9.17) is 9.47 Å². The van der Waals surface area contributed by atoms with Crippen molar-refractivity contribution in [2.75, 3.05) is 6.61 Å². The third-order valence-electron chi connectivity index (χ3n) is 3.29. The van der Waals surface area contributed by atoms with Gasteiger partial charge in [0.1, 0.15) is 11.5 Å². The van der Waals surface area contributed by atoms with Crippen molar-refractivity contribution in [1.29, 1.82) is 0 Å². The second-order valence-electron chi connectivity index (χ2n) is 5.33. The third-order valence-corrected chi connectivity index (χ3v) is 3.29. The van der Waals surface area contributed by atoms with Crippen molar-refractivity contribution < 1.29 is 19.1 Å². The number of hydrogen-bond acceptors (Lipinski definition) is 4. The molecule has 0 saturated heterocycles. The van der Waals surface area contributed by atoms with Gasteiger partial charge in [-0.2, -0.15) is 0 Å². The molecule has 2 amide bonds. The van der Waals surface area contributed by atoms with Gasteiger partial charge in [0, 0.05) is 5.92 Å². The van der Waals surface area contributed by atoms with Crippen LogP contribution in [0.15, 0.2) is 24.3 Å². The van der Waals surface area contributed by atoms with Crippen molar-refractivity contribution in [3.63, 3.8) is 0 Å². The highest BCUT2D eigenvalue weighted by molar-refractivity contribution is 5.85. The first-order valence-corrected chi connectivity index (χ1v) is 7.97. The third kappa shape index (κ3) is 6.59. The lowest BCUT2D eigenvalue weighted by Gasteiger charge is -2.17. The maximum absolute atomic E-state index is 11.9. The van der Waals surface area contributed by atoms with Crippen LogP contribution in [0.4, 0.5) is 0 Å². The predicted octanol–water partition coefficient (Wildman–Crippen LogP) is 2.44. The normalized spacial score (nSPS) is 12.9. The first-order chi connectivity index (χ1) is 11.0. The fourth-order valence-corrected chi connectivity index (χ4v) is 1.95. The van der Waals surface area contributed by atoms with Crippen LogP contribution in [0, 0.1) is 5.92 Å². The number of hydrogen-bond donors (Lipinski definition) is 2. The minimum absolute atomic E-state index is 0.136. The van der Waals surface area contributed by atoms with Crippen molar-refractivity contribution in [3.8, 4) is 11.5 Å². The Balaban J connectivity index is 2.43. The van der Waals surface area contributed by atoms with Gasteiger partial charge in [-0.05, 0) is 44.5 Å². The molecule has 1 rings (SSSR count). The summed E-state index contributed by atoms with van der Waals surface area (Å²) in [5.74, 6) is 0.558. The highest BCUT2D eigenvalue weighted by Crippen LogP contribution is 2.18. The molecule has 0 aliphatic carbocycles. The van der Waals surface area contributed by atoms with Crippen LogP contribution in [0.5, 0.6) is 11.5 Å². The van der Waals surface area contributed by atoms with E-state index in [1.807, 2.05) is 20.8 Å². The molecule has 0 saturated carbocycles. The van der Waals surface area contributed by atoms with Gasteiger partial charge in [0.2, 0.25) is 5.91 Å². The summed E-state index contributed by atoms with van der Waals surface area (Å²) in [7, 11) is 0. The molecule has 0 spiro atoms. The van der Waals surface area contributed by atoms with E-state index in [0.29, 0.717) is 12.4 Å². The van der Waals surface area contributed by atoms with Crippen LogP contribution in [0.1, 0.15) is 40.5 Å². The van der Waals surface area contributed by atoms with Crippen LogP contribution in [-0.4, -0.2) is 24.5 Å². The predicted molar refractivity (Wildman–Crippen MR) is 88.1 cm³/mol. The fourth-order valence-electron chi connectivity index (χ4n) is 1.95. The molecule has 2 atom stereocenters. The summed E-state index contributed by atoms with van der Waals surface area (Å²) in [6, 6.07) is 7.02. The molecule has 1 aromatic carbocycles. The molecule has 0 aliphatic rings. The van der Waals surface area contributed by atoms with Crippen LogP contribution >= 0.6 is 0 Å². The Hall–Kier alpha value is -2.24. The van der Waals surface area contributed by atoms with Crippen molar-refractivity contribution in [2.24, 2.45) is 5.92 Å². The quantitative estimate of drug-likeness (QED) is 0.721. The summed E-state index contributed by atoms with van der Waals surface area (Å²) in [5.41, 5.74) is 4.81. The van der Waals surface area contributed by atoms with Gasteiger partial charge < -0.3 is 9.47 Å². The van der Waals surface area contributed by atoms with E-state index < -0.39 is 12.0 Å². The summed E-state index contributed by atoms with van der Waals surface area (Å²) in [4.78, 5) is 23.7. The monoisotopic (exact) mass is 322 g/mol. The molecule has 6 heteroatoms. The zero-order valence-electron chi connectivity index (χ0n) is 14.2. The summed E-state index contributed by atoms with van der Waals surface area (Å²) >= 11 is 0. The summed E-state index contributed by atoms with van der Waals surface area (Å²) in [6.07, 6.45) is 0.967. The van der Waals surface area contributed by atoms with E-state index in [2.05, 4.69) is 10.9 Å². The van der Waals surface area contributed by atoms with Crippen molar-refractivity contribution >= 4 is 11.8 Å². The summed E-state index contributed by atoms with van der Waals surface area (Å²) in [5, 5.41) is 0. The number of benzene rings is 1. The second-order valence-corrected chi connectivity index (χ2v) is 5.33. The van der Waals surface area contributed by atoms with Gasteiger partial charge in [-0.15, -0.1) is 0 Å². The minimum atomic E-state index is -0.727. The molecule has 23 heavy (non-hydrogen) atoms. The lowest BCUT2D eigenvalue weighted by Crippen LogP contribution is -2.48. The highest BCUT2D eigenvalue weighted by atomic mass is 16.5. The van der Waals surface area contributed by atoms with Crippen molar-refractivity contribution in [1.82, 2.24) is 10.9 Å². The van der Waals surface area contributed by atoms with Gasteiger partial charge in [-0.1, -0.05) is 20.3 Å². The Morgan fingerprint density at radius 3 is 2.13 bits per heavy atom. The fraction of sp³-hybridized carbons (Fsp3) is 0.529. The maximum atomic E-state index is 11.9. The standard InChI is InChI=1S/C17H26N2O4/c1-5-7-12(3)16(20)18-19-17(21)13(4)23-15-10-8-14(9-11-15)22-6-2/h8-13H,5-7H2,1-4H3,(H,18,20)(H,19,21). The van der Waals surface area contributed by atoms with Crippen LogP contribution in [0.25, 0.3) is 0 Å². The molecular formula is C17H26N2O4. The maximum Gasteiger partial charge on any atom is 0.279 e. The Morgan fingerprint density at radius 1 is 1.00 bits per heavy atom. The molecule has 2 unspecified atom stereocenters. The number of rotatable bonds is 8. The molecule has 0 aromatic heterocycles. The van der Waals surface area contributed by atoms with Crippen molar-refractivity contribution in [2.45, 2.75) is 46.6 Å². The molecule has 0 radical (unpaired) electrons. The molecule has 6 nitrogen and oxygen atoms in total. The summed E-state index contributed by atoms with van der Waals surface area (Å²) < 4.78 is 10.9. The number of hydrazine groups is 1. The molecule has 2 N–H and O–H groups in total. The molecule has 0 bridgehead atoms. The van der Waals surface area contributed by atoms with Gasteiger partial charge in [0.25, 0.3) is 5.91 Å². The topological polar surface area (TPSA) is 76.7 Å². The van der Waals surface area contributed by atoms with Gasteiger partial charge >= 0.3 is 0 Å². The number of amides is 2. The Bertz CT molecular complexity index is 502. The smallest absolute Gasteiger partial charge is 0.279 e. The highest BCUT2D eigenvalue weighted by Gasteiger charge is 2.17. The molecule has 0 heterocycles. The van der Waals surface area contributed by atoms with Gasteiger partial charge in [0.15, 0.2) is 6.10 Å².